The van der Waals surface area contributed by atoms with Gasteiger partial charge in [0.25, 0.3) is 5.82 Å². The van der Waals surface area contributed by atoms with Crippen LogP contribution in [0.15, 0.2) is 73.3 Å². The molecule has 0 spiro atoms. The summed E-state index contributed by atoms with van der Waals surface area (Å²) in [5.41, 5.74) is 2.30. The van der Waals surface area contributed by atoms with Gasteiger partial charge in [-0.2, -0.15) is 17.7 Å². The minimum atomic E-state index is -4.68. The third kappa shape index (κ3) is 3.32. The summed E-state index contributed by atoms with van der Waals surface area (Å²) < 4.78 is 45.6. The van der Waals surface area contributed by atoms with Crippen LogP contribution in [0, 0.1) is 0 Å². The van der Waals surface area contributed by atoms with Gasteiger partial charge in [-0.05, 0) is 23.3 Å². The fourth-order valence-electron chi connectivity index (χ4n) is 2.72. The van der Waals surface area contributed by atoms with E-state index in [-0.39, 0.29) is 11.5 Å². The van der Waals surface area contributed by atoms with Crippen LogP contribution in [0.5, 0.6) is 11.6 Å². The minimum absolute atomic E-state index is 0.0221. The van der Waals surface area contributed by atoms with Crippen LogP contribution in [0.4, 0.5) is 13.2 Å². The van der Waals surface area contributed by atoms with Crippen molar-refractivity contribution < 1.29 is 17.9 Å². The molecule has 0 aliphatic rings. The van der Waals surface area contributed by atoms with Crippen LogP contribution in [-0.2, 0) is 6.18 Å². The van der Waals surface area contributed by atoms with Crippen LogP contribution < -0.4 is 4.74 Å². The Hall–Kier alpha value is -3.68. The minimum Gasteiger partial charge on any atom is -0.437 e. The fraction of sp³-hybridized carbons (Fsp3) is 0.0500. The molecule has 4 rings (SSSR count). The smallest absolute Gasteiger partial charge is 0.437 e. The summed E-state index contributed by atoms with van der Waals surface area (Å²) in [6.45, 7) is 4.11. The predicted molar refractivity (Wildman–Crippen MR) is 96.9 cm³/mol. The van der Waals surface area contributed by atoms with E-state index < -0.39 is 12.0 Å². The van der Waals surface area contributed by atoms with Crippen molar-refractivity contribution >= 4 is 11.2 Å². The zero-order chi connectivity index (χ0) is 19.7. The Labute approximate surface area is 157 Å². The lowest BCUT2D eigenvalue weighted by atomic mass is 9.99. The lowest BCUT2D eigenvalue weighted by molar-refractivity contribution is -0.146. The van der Waals surface area contributed by atoms with Gasteiger partial charge in [-0.1, -0.05) is 55.1 Å². The molecule has 4 aromatic rings. The van der Waals surface area contributed by atoms with E-state index >= 15 is 0 Å². The lowest BCUT2D eigenvalue weighted by Crippen LogP contribution is -2.12. The van der Waals surface area contributed by atoms with E-state index in [0.717, 1.165) is 11.1 Å². The molecular formula is C20H13F3N4O. The average molecular weight is 382 g/mol. The van der Waals surface area contributed by atoms with Gasteiger partial charge >= 0.3 is 6.18 Å². The summed E-state index contributed by atoms with van der Waals surface area (Å²) in [4.78, 5) is 0. The molecular weight excluding hydrogens is 369 g/mol. The summed E-state index contributed by atoms with van der Waals surface area (Å²) >= 11 is 0. The number of aromatic nitrogens is 4. The largest absolute Gasteiger partial charge is 0.453 e. The number of hydrogen-bond acceptors (Lipinski definition) is 4. The van der Waals surface area contributed by atoms with E-state index in [4.69, 9.17) is 4.74 Å². The van der Waals surface area contributed by atoms with Crippen LogP contribution in [-0.4, -0.2) is 19.8 Å². The molecule has 28 heavy (non-hydrogen) atoms. The maximum Gasteiger partial charge on any atom is 0.453 e. The molecule has 0 radical (unpaired) electrons. The second-order valence-electron chi connectivity index (χ2n) is 5.91. The van der Waals surface area contributed by atoms with Crippen molar-refractivity contribution in [2.75, 3.05) is 0 Å². The number of alkyl halides is 3. The van der Waals surface area contributed by atoms with Crippen molar-refractivity contribution in [3.63, 3.8) is 0 Å². The molecule has 0 saturated heterocycles. The van der Waals surface area contributed by atoms with Gasteiger partial charge in [0.2, 0.25) is 5.88 Å². The third-order valence-electron chi connectivity index (χ3n) is 4.04. The molecule has 0 aliphatic carbocycles. The second kappa shape index (κ2) is 6.80. The van der Waals surface area contributed by atoms with Crippen molar-refractivity contribution in [1.29, 1.82) is 0 Å². The summed E-state index contributed by atoms with van der Waals surface area (Å²) in [7, 11) is 0. The zero-order valence-electron chi connectivity index (χ0n) is 14.4. The van der Waals surface area contributed by atoms with Gasteiger partial charge in [-0.25, -0.2) is 0 Å². The standard InChI is InChI=1S/C20H13F3N4O/c1-13(14-7-3-2-4-8-14)15-9-5-6-10-16(15)28-18-12-11-17-24-25-19(20(21,22)23)27(17)26-18/h2-12H,1H2. The first-order chi connectivity index (χ1) is 13.4. The van der Waals surface area contributed by atoms with E-state index in [2.05, 4.69) is 21.9 Å². The van der Waals surface area contributed by atoms with Gasteiger partial charge in [0, 0.05) is 11.6 Å². The monoisotopic (exact) mass is 382 g/mol. The molecule has 0 aliphatic heterocycles. The first-order valence-electron chi connectivity index (χ1n) is 8.25. The second-order valence-corrected chi connectivity index (χ2v) is 5.91. The van der Waals surface area contributed by atoms with Gasteiger partial charge in [-0.3, -0.25) is 0 Å². The zero-order valence-corrected chi connectivity index (χ0v) is 14.4. The molecule has 0 unspecified atom stereocenters. The number of benzene rings is 2. The van der Waals surface area contributed by atoms with E-state index in [1.54, 1.807) is 12.1 Å². The number of para-hydroxylation sites is 1. The van der Waals surface area contributed by atoms with Crippen molar-refractivity contribution in [1.82, 2.24) is 19.8 Å². The molecule has 5 nitrogen and oxygen atoms in total. The number of rotatable bonds is 4. The maximum atomic E-state index is 13.1. The van der Waals surface area contributed by atoms with Crippen LogP contribution in [0.3, 0.4) is 0 Å². The molecule has 8 heteroatoms. The maximum absolute atomic E-state index is 13.1. The van der Waals surface area contributed by atoms with Gasteiger partial charge in [0.1, 0.15) is 5.75 Å². The topological polar surface area (TPSA) is 52.3 Å². The number of fused-ring (bicyclic) bond motifs is 1. The molecule has 2 aromatic heterocycles. The lowest BCUT2D eigenvalue weighted by Gasteiger charge is -2.13. The fourth-order valence-corrected chi connectivity index (χ4v) is 2.72. The molecule has 0 N–H and O–H groups in total. The van der Waals surface area contributed by atoms with Crippen LogP contribution in [0.2, 0.25) is 0 Å². The van der Waals surface area contributed by atoms with Gasteiger partial charge in [0.15, 0.2) is 5.65 Å². The Kier molecular flexibility index (Phi) is 4.31. The van der Waals surface area contributed by atoms with E-state index in [1.165, 1.54) is 12.1 Å². The Bertz CT molecular complexity index is 1150. The molecule has 2 heterocycles. The molecule has 0 saturated carbocycles. The molecule has 140 valence electrons. The third-order valence-corrected chi connectivity index (χ3v) is 4.04. The Morgan fingerprint density at radius 1 is 0.893 bits per heavy atom. The molecule has 0 atom stereocenters. The van der Waals surface area contributed by atoms with Crippen molar-refractivity contribution in [3.05, 3.63) is 90.3 Å². The first-order valence-corrected chi connectivity index (χ1v) is 8.25. The molecule has 0 fully saturated rings. The Morgan fingerprint density at radius 3 is 2.36 bits per heavy atom. The van der Waals surface area contributed by atoms with Crippen LogP contribution >= 0.6 is 0 Å². The number of ether oxygens (including phenoxy) is 1. The summed E-state index contributed by atoms with van der Waals surface area (Å²) in [6, 6.07) is 19.4. The summed E-state index contributed by atoms with van der Waals surface area (Å²) in [5.74, 6) is -0.814. The number of nitrogens with zero attached hydrogens (tertiary/aromatic N) is 4. The predicted octanol–water partition coefficient (Wildman–Crippen LogP) is 5.00. The molecule has 0 bridgehead atoms. The van der Waals surface area contributed by atoms with Crippen molar-refractivity contribution in [2.45, 2.75) is 6.18 Å². The quantitative estimate of drug-likeness (QED) is 0.499. The van der Waals surface area contributed by atoms with Crippen LogP contribution in [0.25, 0.3) is 11.2 Å². The van der Waals surface area contributed by atoms with E-state index in [1.807, 2.05) is 42.5 Å². The summed E-state index contributed by atoms with van der Waals surface area (Å²) in [6.07, 6.45) is -4.68. The highest BCUT2D eigenvalue weighted by molar-refractivity contribution is 5.81. The van der Waals surface area contributed by atoms with Crippen molar-refractivity contribution in [2.24, 2.45) is 0 Å². The highest BCUT2D eigenvalue weighted by Crippen LogP contribution is 2.33. The number of hydrogen-bond donors (Lipinski definition) is 0. The SMILES string of the molecule is C=C(c1ccccc1)c1ccccc1Oc1ccc2nnc(C(F)(F)F)n2n1. The van der Waals surface area contributed by atoms with Crippen LogP contribution in [0.1, 0.15) is 17.0 Å². The average Bonchev–Trinajstić information content (AvgIpc) is 3.12. The van der Waals surface area contributed by atoms with Gasteiger partial charge < -0.3 is 4.74 Å². The van der Waals surface area contributed by atoms with E-state index in [0.29, 0.717) is 15.8 Å². The summed E-state index contributed by atoms with van der Waals surface area (Å²) in [5, 5.41) is 10.5. The van der Waals surface area contributed by atoms with E-state index in [9.17, 15) is 13.2 Å². The molecule has 0 amide bonds. The molecule has 2 aromatic carbocycles. The highest BCUT2D eigenvalue weighted by Gasteiger charge is 2.37. The number of halogens is 3. The normalized spacial score (nSPS) is 11.5. The van der Waals surface area contributed by atoms with Crippen molar-refractivity contribution in [3.8, 4) is 11.6 Å². The Morgan fingerprint density at radius 2 is 1.61 bits per heavy atom. The first kappa shape index (κ1) is 17.7. The highest BCUT2D eigenvalue weighted by atomic mass is 19.4. The van der Waals surface area contributed by atoms with Gasteiger partial charge in [-0.15, -0.1) is 15.3 Å². The Balaban J connectivity index is 1.71. The van der Waals surface area contributed by atoms with Gasteiger partial charge in [0.05, 0.1) is 0 Å².